The summed E-state index contributed by atoms with van der Waals surface area (Å²) in [5, 5.41) is 10.0. The number of likely N-dealkylation sites (tertiary alicyclic amines) is 1. The minimum Gasteiger partial charge on any atom is -0.493 e. The first-order valence-electron chi connectivity index (χ1n) is 10.0. The minimum absolute atomic E-state index is 0.637. The Hall–Kier alpha value is -3.13. The number of H-pyrrole nitrogens is 2. The Morgan fingerprint density at radius 1 is 1.14 bits per heavy atom. The average molecular weight is 392 g/mol. The van der Waals surface area contributed by atoms with Crippen LogP contribution in [0.2, 0.25) is 0 Å². The van der Waals surface area contributed by atoms with Crippen LogP contribution >= 0.6 is 0 Å². The van der Waals surface area contributed by atoms with Crippen LogP contribution in [0, 0.1) is 0 Å². The van der Waals surface area contributed by atoms with Gasteiger partial charge in [-0.15, -0.1) is 10.2 Å². The zero-order valence-electron chi connectivity index (χ0n) is 16.4. The first kappa shape index (κ1) is 17.9. The van der Waals surface area contributed by atoms with Crippen LogP contribution in [0.15, 0.2) is 30.7 Å². The lowest BCUT2D eigenvalue weighted by Gasteiger charge is -2.15. The van der Waals surface area contributed by atoms with Gasteiger partial charge in [-0.2, -0.15) is 0 Å². The molecule has 2 N–H and O–H groups in total. The summed E-state index contributed by atoms with van der Waals surface area (Å²) in [6.07, 6.45) is 6.96. The molecule has 4 heterocycles. The predicted octanol–water partition coefficient (Wildman–Crippen LogP) is 3.37. The summed E-state index contributed by atoms with van der Waals surface area (Å²) in [5.74, 6) is 2.10. The first-order valence-corrected chi connectivity index (χ1v) is 10.0. The van der Waals surface area contributed by atoms with Gasteiger partial charge in [-0.05, 0) is 44.5 Å². The van der Waals surface area contributed by atoms with Gasteiger partial charge < -0.3 is 24.3 Å². The van der Waals surface area contributed by atoms with Crippen molar-refractivity contribution < 1.29 is 9.47 Å². The number of fused-ring (bicyclic) bond motifs is 3. The molecule has 5 rings (SSSR count). The van der Waals surface area contributed by atoms with E-state index >= 15 is 0 Å². The van der Waals surface area contributed by atoms with Crippen molar-refractivity contribution in [2.45, 2.75) is 19.3 Å². The maximum absolute atomic E-state index is 6.08. The lowest BCUT2D eigenvalue weighted by molar-refractivity contribution is 0.254. The normalized spacial score (nSPS) is 14.8. The number of rotatable bonds is 7. The Kier molecular flexibility index (Phi) is 4.77. The van der Waals surface area contributed by atoms with Gasteiger partial charge in [0.2, 0.25) is 0 Å². The quantitative estimate of drug-likeness (QED) is 0.469. The van der Waals surface area contributed by atoms with Crippen LogP contribution < -0.4 is 9.47 Å². The van der Waals surface area contributed by atoms with Crippen molar-refractivity contribution >= 4 is 21.8 Å². The molecule has 8 heteroatoms. The molecular formula is C21H24N6O2. The van der Waals surface area contributed by atoms with E-state index in [1.807, 2.05) is 18.2 Å². The van der Waals surface area contributed by atoms with E-state index in [9.17, 15) is 0 Å². The molecule has 0 atom stereocenters. The number of ether oxygens (including phenoxy) is 2. The van der Waals surface area contributed by atoms with E-state index in [1.165, 1.54) is 25.9 Å². The van der Waals surface area contributed by atoms with Gasteiger partial charge in [0.05, 0.1) is 24.8 Å². The highest BCUT2D eigenvalue weighted by Gasteiger charge is 2.17. The first-order chi connectivity index (χ1) is 14.3. The Morgan fingerprint density at radius 3 is 2.83 bits per heavy atom. The summed E-state index contributed by atoms with van der Waals surface area (Å²) in [4.78, 5) is 13.5. The van der Waals surface area contributed by atoms with Crippen LogP contribution in [-0.4, -0.2) is 63.4 Å². The van der Waals surface area contributed by atoms with E-state index in [4.69, 9.17) is 9.47 Å². The topological polar surface area (TPSA) is 91.9 Å². The molecule has 0 bridgehead atoms. The fraction of sp³-hybridized carbons (Fsp3) is 0.381. The highest BCUT2D eigenvalue weighted by atomic mass is 16.5. The third-order valence-electron chi connectivity index (χ3n) is 5.51. The largest absolute Gasteiger partial charge is 0.493 e. The summed E-state index contributed by atoms with van der Waals surface area (Å²) in [6.45, 7) is 4.18. The molecule has 0 spiro atoms. The van der Waals surface area contributed by atoms with Crippen molar-refractivity contribution in [1.82, 2.24) is 30.0 Å². The van der Waals surface area contributed by atoms with Crippen molar-refractivity contribution in [3.8, 4) is 23.0 Å². The van der Waals surface area contributed by atoms with Crippen LogP contribution in [-0.2, 0) is 0 Å². The standard InChI is InChI=1S/C21H24N6O2/c1-28-17-11-14-16(12-18(17)29-10-4-9-27-7-2-3-8-27)25-15-5-6-22-20(19(14)15)21-23-13-24-26-21/h5-6,11-13,25H,2-4,7-10H2,1H3,(H,23,24,26). The number of methoxy groups -OCH3 is 1. The van der Waals surface area contributed by atoms with Crippen LogP contribution in [0.3, 0.4) is 0 Å². The molecule has 1 aliphatic rings. The number of pyridine rings is 1. The monoisotopic (exact) mass is 392 g/mol. The zero-order valence-corrected chi connectivity index (χ0v) is 16.4. The highest BCUT2D eigenvalue weighted by Crippen LogP contribution is 2.38. The molecule has 150 valence electrons. The number of hydrogen-bond donors (Lipinski definition) is 2. The van der Waals surface area contributed by atoms with Gasteiger partial charge in [0.15, 0.2) is 17.3 Å². The summed E-state index contributed by atoms with van der Waals surface area (Å²) in [7, 11) is 1.67. The molecule has 29 heavy (non-hydrogen) atoms. The summed E-state index contributed by atoms with van der Waals surface area (Å²) >= 11 is 0. The van der Waals surface area contributed by atoms with Crippen molar-refractivity contribution in [3.05, 3.63) is 30.7 Å². The fourth-order valence-corrected chi connectivity index (χ4v) is 4.10. The molecule has 0 amide bonds. The predicted molar refractivity (Wildman–Crippen MR) is 111 cm³/mol. The van der Waals surface area contributed by atoms with Crippen LogP contribution in [0.4, 0.5) is 0 Å². The van der Waals surface area contributed by atoms with Crippen molar-refractivity contribution in [1.29, 1.82) is 0 Å². The van der Waals surface area contributed by atoms with Crippen molar-refractivity contribution in [2.24, 2.45) is 0 Å². The fourth-order valence-electron chi connectivity index (χ4n) is 4.10. The maximum Gasteiger partial charge on any atom is 0.180 e. The second-order valence-electron chi connectivity index (χ2n) is 7.34. The third-order valence-corrected chi connectivity index (χ3v) is 5.51. The number of nitrogens with one attached hydrogen (secondary N) is 2. The molecule has 1 aromatic carbocycles. The molecule has 1 fully saturated rings. The molecule has 1 saturated heterocycles. The van der Waals surface area contributed by atoms with Gasteiger partial charge >= 0.3 is 0 Å². The van der Waals surface area contributed by atoms with Crippen LogP contribution in [0.25, 0.3) is 33.3 Å². The molecule has 8 nitrogen and oxygen atoms in total. The third kappa shape index (κ3) is 3.40. The zero-order chi connectivity index (χ0) is 19.6. The van der Waals surface area contributed by atoms with E-state index in [1.54, 1.807) is 19.6 Å². The minimum atomic E-state index is 0.637. The Morgan fingerprint density at radius 2 is 2.03 bits per heavy atom. The number of benzene rings is 1. The Balaban J connectivity index is 1.45. The molecule has 0 aliphatic carbocycles. The summed E-state index contributed by atoms with van der Waals surface area (Å²) in [5.41, 5.74) is 2.71. The lowest BCUT2D eigenvalue weighted by Crippen LogP contribution is -2.21. The molecule has 0 unspecified atom stereocenters. The molecule has 4 aromatic rings. The van der Waals surface area contributed by atoms with Gasteiger partial charge in [-0.1, -0.05) is 0 Å². The smallest absolute Gasteiger partial charge is 0.180 e. The molecule has 0 radical (unpaired) electrons. The summed E-state index contributed by atoms with van der Waals surface area (Å²) in [6, 6.07) is 5.97. The van der Waals surface area contributed by atoms with Gasteiger partial charge in [0.25, 0.3) is 0 Å². The maximum atomic E-state index is 6.08. The van der Waals surface area contributed by atoms with Crippen molar-refractivity contribution in [3.63, 3.8) is 0 Å². The molecule has 0 saturated carbocycles. The van der Waals surface area contributed by atoms with Gasteiger partial charge in [-0.3, -0.25) is 4.98 Å². The average Bonchev–Trinajstić information content (AvgIpc) is 3.51. The second kappa shape index (κ2) is 7.71. The summed E-state index contributed by atoms with van der Waals surface area (Å²) < 4.78 is 11.7. The molecular weight excluding hydrogens is 368 g/mol. The molecule has 3 aromatic heterocycles. The molecule has 1 aliphatic heterocycles. The van der Waals surface area contributed by atoms with Crippen LogP contribution in [0.5, 0.6) is 11.5 Å². The van der Waals surface area contributed by atoms with Crippen LogP contribution in [0.1, 0.15) is 19.3 Å². The van der Waals surface area contributed by atoms with E-state index < -0.39 is 0 Å². The van der Waals surface area contributed by atoms with E-state index in [0.29, 0.717) is 18.2 Å². The second-order valence-corrected chi connectivity index (χ2v) is 7.34. The van der Waals surface area contributed by atoms with Crippen molar-refractivity contribution in [2.75, 3.05) is 33.4 Å². The van der Waals surface area contributed by atoms with Gasteiger partial charge in [0.1, 0.15) is 12.0 Å². The lowest BCUT2D eigenvalue weighted by atomic mass is 10.1. The number of aromatic nitrogens is 5. The SMILES string of the molecule is COc1cc2c(cc1OCCCN1CCCC1)[nH]c1ccnc(-c3nnc[nH]3)c12. The van der Waals surface area contributed by atoms with E-state index in [0.717, 1.165) is 46.2 Å². The van der Waals surface area contributed by atoms with Gasteiger partial charge in [-0.25, -0.2) is 0 Å². The number of hydrogen-bond acceptors (Lipinski definition) is 6. The van der Waals surface area contributed by atoms with Gasteiger partial charge in [0, 0.05) is 29.6 Å². The van der Waals surface area contributed by atoms with E-state index in [2.05, 4.69) is 30.0 Å². The number of nitrogens with zero attached hydrogens (tertiary/aromatic N) is 4. The Labute approximate surface area is 168 Å². The Bertz CT molecular complexity index is 1120. The highest BCUT2D eigenvalue weighted by molar-refractivity contribution is 6.13. The number of aromatic amines is 2. The van der Waals surface area contributed by atoms with E-state index in [-0.39, 0.29) is 0 Å².